The van der Waals surface area contributed by atoms with E-state index in [-0.39, 0.29) is 17.2 Å². The summed E-state index contributed by atoms with van der Waals surface area (Å²) < 4.78 is 10.7. The second-order valence-electron chi connectivity index (χ2n) is 7.63. The number of hydrogen-bond donors (Lipinski definition) is 2. The summed E-state index contributed by atoms with van der Waals surface area (Å²) in [5, 5.41) is 6.18. The number of rotatable bonds is 7. The predicted molar refractivity (Wildman–Crippen MR) is 135 cm³/mol. The van der Waals surface area contributed by atoms with E-state index in [1.54, 1.807) is 67.8 Å². The Bertz CT molecular complexity index is 1270. The van der Waals surface area contributed by atoms with Crippen molar-refractivity contribution in [1.29, 1.82) is 0 Å². The van der Waals surface area contributed by atoms with Gasteiger partial charge in [0.15, 0.2) is 6.61 Å². The van der Waals surface area contributed by atoms with E-state index in [0.717, 1.165) is 0 Å². The Morgan fingerprint density at radius 1 is 1.06 bits per heavy atom. The lowest BCUT2D eigenvalue weighted by atomic mass is 10.0. The van der Waals surface area contributed by atoms with E-state index in [1.807, 2.05) is 0 Å². The summed E-state index contributed by atoms with van der Waals surface area (Å²) in [7, 11) is 1.54. The van der Waals surface area contributed by atoms with Crippen molar-refractivity contribution in [2.45, 2.75) is 12.5 Å². The molecule has 0 aromatic heterocycles. The van der Waals surface area contributed by atoms with E-state index in [1.165, 1.54) is 11.0 Å². The van der Waals surface area contributed by atoms with Crippen LogP contribution in [0.15, 0.2) is 66.7 Å². The van der Waals surface area contributed by atoms with Crippen LogP contribution in [0.1, 0.15) is 6.42 Å². The monoisotopic (exact) mass is 513 g/mol. The molecule has 0 aliphatic carbocycles. The van der Waals surface area contributed by atoms with Gasteiger partial charge in [-0.05, 0) is 54.6 Å². The lowest BCUT2D eigenvalue weighted by molar-refractivity contribution is -0.127. The minimum Gasteiger partial charge on any atom is -0.497 e. The fourth-order valence-corrected chi connectivity index (χ4v) is 4.11. The van der Waals surface area contributed by atoms with Crippen LogP contribution in [-0.2, 0) is 14.4 Å². The molecule has 0 unspecified atom stereocenters. The summed E-state index contributed by atoms with van der Waals surface area (Å²) in [4.78, 5) is 40.3. The molecule has 1 atom stereocenters. The number of fused-ring (bicyclic) bond motifs is 1. The molecule has 10 heteroatoms. The minimum absolute atomic E-state index is 0.248. The molecule has 3 amide bonds. The number of benzene rings is 3. The van der Waals surface area contributed by atoms with Crippen LogP contribution in [0.2, 0.25) is 10.0 Å². The third-order valence-electron chi connectivity index (χ3n) is 5.30. The normalized spacial score (nSPS) is 14.5. The second kappa shape index (κ2) is 10.7. The number of nitrogens with zero attached hydrogens (tertiary/aromatic N) is 1. The van der Waals surface area contributed by atoms with E-state index < -0.39 is 30.4 Å². The quantitative estimate of drug-likeness (QED) is 0.474. The predicted octanol–water partition coefficient (Wildman–Crippen LogP) is 4.76. The van der Waals surface area contributed by atoms with Crippen molar-refractivity contribution in [2.75, 3.05) is 29.3 Å². The summed E-state index contributed by atoms with van der Waals surface area (Å²) >= 11 is 12.0. The van der Waals surface area contributed by atoms with Crippen molar-refractivity contribution >= 4 is 58.0 Å². The van der Waals surface area contributed by atoms with Crippen molar-refractivity contribution in [1.82, 2.24) is 0 Å². The molecule has 1 aliphatic heterocycles. The molecule has 0 bridgehead atoms. The van der Waals surface area contributed by atoms with E-state index in [9.17, 15) is 14.4 Å². The average molecular weight is 514 g/mol. The highest BCUT2D eigenvalue weighted by atomic mass is 35.5. The number of hydrogen-bond acceptors (Lipinski definition) is 5. The number of carbonyl (C=O) groups is 3. The van der Waals surface area contributed by atoms with Gasteiger partial charge in [-0.1, -0.05) is 35.3 Å². The number of methoxy groups -OCH3 is 1. The summed E-state index contributed by atoms with van der Waals surface area (Å²) in [6.45, 7) is -0.403. The molecule has 1 heterocycles. The van der Waals surface area contributed by atoms with Crippen LogP contribution in [-0.4, -0.2) is 37.5 Å². The Morgan fingerprint density at radius 3 is 2.51 bits per heavy atom. The number of para-hydroxylation sites is 2. The number of carbonyl (C=O) groups excluding carboxylic acids is 3. The molecule has 3 aromatic rings. The fourth-order valence-electron chi connectivity index (χ4n) is 3.65. The third kappa shape index (κ3) is 5.67. The second-order valence-corrected chi connectivity index (χ2v) is 8.47. The van der Waals surface area contributed by atoms with Gasteiger partial charge in [0.2, 0.25) is 11.8 Å². The van der Waals surface area contributed by atoms with E-state index >= 15 is 0 Å². The maximum Gasteiger partial charge on any atom is 0.265 e. The molecule has 0 saturated heterocycles. The molecule has 0 fully saturated rings. The van der Waals surface area contributed by atoms with Gasteiger partial charge in [-0.25, -0.2) is 0 Å². The topological polar surface area (TPSA) is 97.0 Å². The lowest BCUT2D eigenvalue weighted by Crippen LogP contribution is -2.53. The van der Waals surface area contributed by atoms with Gasteiger partial charge in [-0.15, -0.1) is 0 Å². The first-order valence-electron chi connectivity index (χ1n) is 10.6. The molecule has 35 heavy (non-hydrogen) atoms. The lowest BCUT2D eigenvalue weighted by Gasteiger charge is -2.36. The van der Waals surface area contributed by atoms with Crippen molar-refractivity contribution in [3.05, 3.63) is 76.8 Å². The molecule has 3 aromatic carbocycles. The maximum absolute atomic E-state index is 13.3. The zero-order valence-electron chi connectivity index (χ0n) is 18.6. The van der Waals surface area contributed by atoms with Gasteiger partial charge in [-0.2, -0.15) is 0 Å². The molecule has 8 nitrogen and oxygen atoms in total. The third-order valence-corrected chi connectivity index (χ3v) is 5.83. The molecule has 180 valence electrons. The van der Waals surface area contributed by atoms with Gasteiger partial charge >= 0.3 is 0 Å². The molecular formula is C25H21Cl2N3O5. The van der Waals surface area contributed by atoms with Crippen molar-refractivity contribution in [3.8, 4) is 11.5 Å². The zero-order chi connectivity index (χ0) is 24.9. The van der Waals surface area contributed by atoms with Gasteiger partial charge in [-0.3, -0.25) is 19.3 Å². The summed E-state index contributed by atoms with van der Waals surface area (Å²) in [6, 6.07) is 17.2. The average Bonchev–Trinajstić information content (AvgIpc) is 2.84. The van der Waals surface area contributed by atoms with Crippen molar-refractivity contribution in [2.24, 2.45) is 0 Å². The zero-order valence-corrected chi connectivity index (χ0v) is 20.1. The SMILES string of the molecule is COc1ccc(NC(=O)C[C@@H]2C(=O)Nc3ccccc3N2C(=O)COc2ccc(Cl)cc2Cl)cc1. The molecule has 2 N–H and O–H groups in total. The summed E-state index contributed by atoms with van der Waals surface area (Å²) in [5.41, 5.74) is 1.46. The van der Waals surface area contributed by atoms with Crippen LogP contribution >= 0.6 is 23.2 Å². The van der Waals surface area contributed by atoms with Gasteiger partial charge in [0.1, 0.15) is 17.5 Å². The van der Waals surface area contributed by atoms with Crippen molar-refractivity contribution < 1.29 is 23.9 Å². The Kier molecular flexibility index (Phi) is 7.43. The molecule has 1 aliphatic rings. The summed E-state index contributed by atoms with van der Waals surface area (Å²) in [5.74, 6) is -0.516. The smallest absolute Gasteiger partial charge is 0.265 e. The van der Waals surface area contributed by atoms with Gasteiger partial charge in [0.05, 0.1) is 29.9 Å². The first kappa shape index (κ1) is 24.4. The Labute approximate surface area is 211 Å². The maximum atomic E-state index is 13.3. The van der Waals surface area contributed by atoms with E-state index in [2.05, 4.69) is 10.6 Å². The Hall–Kier alpha value is -3.75. The van der Waals surface area contributed by atoms with Crippen LogP contribution in [0.4, 0.5) is 17.1 Å². The van der Waals surface area contributed by atoms with Crippen LogP contribution < -0.4 is 25.0 Å². The van der Waals surface area contributed by atoms with Crippen LogP contribution in [0.25, 0.3) is 0 Å². The number of nitrogens with one attached hydrogen (secondary N) is 2. The number of amides is 3. The Balaban J connectivity index is 1.53. The highest BCUT2D eigenvalue weighted by Crippen LogP contribution is 2.34. The molecular weight excluding hydrogens is 493 g/mol. The molecule has 0 spiro atoms. The largest absolute Gasteiger partial charge is 0.497 e. The van der Waals surface area contributed by atoms with Gasteiger partial charge in [0, 0.05) is 10.7 Å². The fraction of sp³-hybridized carbons (Fsp3) is 0.160. The Morgan fingerprint density at radius 2 is 1.80 bits per heavy atom. The molecule has 4 rings (SSSR count). The van der Waals surface area contributed by atoms with E-state index in [4.69, 9.17) is 32.7 Å². The standard InChI is InChI=1S/C25H21Cl2N3O5/c1-34-17-9-7-16(8-10-17)28-23(31)13-21-25(33)29-19-4-2-3-5-20(19)30(21)24(32)14-35-22-11-6-15(26)12-18(22)27/h2-12,21H,13-14H2,1H3,(H,28,31)(H,29,33)/t21-/m1/s1. The molecule has 0 radical (unpaired) electrons. The van der Waals surface area contributed by atoms with Crippen LogP contribution in [0.3, 0.4) is 0 Å². The number of halogens is 2. The first-order valence-corrected chi connectivity index (χ1v) is 11.3. The highest BCUT2D eigenvalue weighted by Gasteiger charge is 2.38. The highest BCUT2D eigenvalue weighted by molar-refractivity contribution is 6.35. The minimum atomic E-state index is -1.08. The van der Waals surface area contributed by atoms with Gasteiger partial charge < -0.3 is 20.1 Å². The molecule has 0 saturated carbocycles. The number of anilines is 3. The number of ether oxygens (including phenoxy) is 2. The van der Waals surface area contributed by atoms with Crippen LogP contribution in [0, 0.1) is 0 Å². The van der Waals surface area contributed by atoms with Crippen molar-refractivity contribution in [3.63, 3.8) is 0 Å². The van der Waals surface area contributed by atoms with Crippen LogP contribution in [0.5, 0.6) is 11.5 Å². The van der Waals surface area contributed by atoms with E-state index in [0.29, 0.717) is 27.8 Å². The summed E-state index contributed by atoms with van der Waals surface area (Å²) in [6.07, 6.45) is -0.264. The first-order chi connectivity index (χ1) is 16.9. The van der Waals surface area contributed by atoms with Gasteiger partial charge in [0.25, 0.3) is 5.91 Å².